The maximum atomic E-state index is 4.17. The molecule has 6 aromatic rings. The molecule has 0 nitrogen and oxygen atoms in total. The molecule has 50 heavy (non-hydrogen) atoms. The van der Waals surface area contributed by atoms with Gasteiger partial charge in [0.1, 0.15) is 0 Å². The lowest BCUT2D eigenvalue weighted by Crippen LogP contribution is -2.29. The number of unbranched alkanes of at least 4 members (excludes halogenated alkanes) is 3. The monoisotopic (exact) mass is 646 g/mol. The van der Waals surface area contributed by atoms with E-state index >= 15 is 0 Å². The lowest BCUT2D eigenvalue weighted by atomic mass is 9.69. The van der Waals surface area contributed by atoms with Crippen LogP contribution < -0.4 is 0 Å². The summed E-state index contributed by atoms with van der Waals surface area (Å²) < 4.78 is 0. The lowest BCUT2D eigenvalue weighted by molar-refractivity contribution is 0.420. The largest absolute Gasteiger partial charge is 0.0985 e. The molecule has 2 aliphatic rings. The van der Waals surface area contributed by atoms with Gasteiger partial charge >= 0.3 is 0 Å². The van der Waals surface area contributed by atoms with Gasteiger partial charge < -0.3 is 0 Å². The van der Waals surface area contributed by atoms with Crippen molar-refractivity contribution in [3.05, 3.63) is 203 Å². The first-order chi connectivity index (χ1) is 24.7. The smallest absolute Gasteiger partial charge is 0.0255 e. The van der Waals surface area contributed by atoms with Crippen molar-refractivity contribution in [1.82, 2.24) is 0 Å². The molecule has 0 N–H and O–H groups in total. The van der Waals surface area contributed by atoms with Gasteiger partial charge in [-0.1, -0.05) is 197 Å². The number of hydrogen-bond acceptors (Lipinski definition) is 0. The number of fused-ring (bicyclic) bond motifs is 6. The average molecular weight is 647 g/mol. The topological polar surface area (TPSA) is 0 Å². The molecule has 0 aliphatic heterocycles. The van der Waals surface area contributed by atoms with Crippen LogP contribution in [-0.2, 0) is 23.7 Å². The fraction of sp³-hybridized carbons (Fsp3) is 0.200. The van der Waals surface area contributed by atoms with Gasteiger partial charge in [0, 0.05) is 10.8 Å². The van der Waals surface area contributed by atoms with E-state index in [-0.39, 0.29) is 10.8 Å². The summed E-state index contributed by atoms with van der Waals surface area (Å²) in [5, 5.41) is 0. The lowest BCUT2D eigenvalue weighted by Gasteiger charge is -2.34. The van der Waals surface area contributed by atoms with E-state index in [1.807, 2.05) is 12.2 Å². The second kappa shape index (κ2) is 13.6. The van der Waals surface area contributed by atoms with E-state index in [1.165, 1.54) is 92.4 Å². The van der Waals surface area contributed by atoms with Crippen LogP contribution in [0.1, 0.15) is 83.0 Å². The first kappa shape index (κ1) is 32.0. The third kappa shape index (κ3) is 5.39. The molecule has 0 atom stereocenters. The number of benzene rings is 6. The maximum absolute atomic E-state index is 4.17. The summed E-state index contributed by atoms with van der Waals surface area (Å²) >= 11 is 0. The first-order valence-electron chi connectivity index (χ1n) is 18.5. The fourth-order valence-corrected chi connectivity index (χ4v) is 9.57. The van der Waals surface area contributed by atoms with Gasteiger partial charge in [0.2, 0.25) is 0 Å². The fourth-order valence-electron chi connectivity index (χ4n) is 9.57. The van der Waals surface area contributed by atoms with Gasteiger partial charge in [-0.25, -0.2) is 0 Å². The Bertz CT molecular complexity index is 1930. The van der Waals surface area contributed by atoms with Gasteiger partial charge in [-0.15, -0.1) is 0 Å². The predicted octanol–water partition coefficient (Wildman–Crippen LogP) is 13.0. The summed E-state index contributed by atoms with van der Waals surface area (Å²) in [5.74, 6) is 0. The van der Waals surface area contributed by atoms with Crippen molar-refractivity contribution in [2.24, 2.45) is 0 Å². The molecule has 0 amide bonds. The zero-order chi connectivity index (χ0) is 34.0. The zero-order valence-corrected chi connectivity index (χ0v) is 29.1. The summed E-state index contributed by atoms with van der Waals surface area (Å²) in [6.07, 6.45) is 13.1. The number of rotatable bonds is 13. The third-order valence-corrected chi connectivity index (χ3v) is 11.8. The second-order valence-corrected chi connectivity index (χ2v) is 14.4. The van der Waals surface area contributed by atoms with Crippen molar-refractivity contribution in [1.29, 1.82) is 0 Å². The Hall–Kier alpha value is -5.20. The van der Waals surface area contributed by atoms with Gasteiger partial charge in [0.15, 0.2) is 0 Å². The van der Waals surface area contributed by atoms with Gasteiger partial charge in [0.25, 0.3) is 0 Å². The van der Waals surface area contributed by atoms with Crippen LogP contribution in [0, 0.1) is 0 Å². The molecule has 0 fully saturated rings. The molecule has 2 aliphatic carbocycles. The van der Waals surface area contributed by atoms with Crippen LogP contribution in [-0.4, -0.2) is 0 Å². The highest BCUT2D eigenvalue weighted by atomic mass is 14.5. The minimum Gasteiger partial charge on any atom is -0.0985 e. The zero-order valence-electron chi connectivity index (χ0n) is 29.1. The molecular formula is C50H46. The van der Waals surface area contributed by atoms with Crippen molar-refractivity contribution in [2.75, 3.05) is 0 Å². The first-order valence-corrected chi connectivity index (χ1v) is 18.5. The molecule has 0 radical (unpaired) electrons. The van der Waals surface area contributed by atoms with E-state index in [2.05, 4.69) is 159 Å². The Kier molecular flexibility index (Phi) is 8.71. The van der Waals surface area contributed by atoms with E-state index in [9.17, 15) is 0 Å². The molecule has 0 heteroatoms. The van der Waals surface area contributed by atoms with Gasteiger partial charge in [-0.3, -0.25) is 0 Å². The quantitative estimate of drug-likeness (QED) is 0.110. The highest BCUT2D eigenvalue weighted by molar-refractivity contribution is 5.82. The molecule has 0 bridgehead atoms. The summed E-state index contributed by atoms with van der Waals surface area (Å²) in [5.41, 5.74) is 16.7. The van der Waals surface area contributed by atoms with Crippen molar-refractivity contribution < 1.29 is 0 Å². The van der Waals surface area contributed by atoms with Crippen LogP contribution in [0.3, 0.4) is 0 Å². The van der Waals surface area contributed by atoms with Crippen LogP contribution in [0.2, 0.25) is 0 Å². The van der Waals surface area contributed by atoms with Gasteiger partial charge in [-0.2, -0.15) is 0 Å². The van der Waals surface area contributed by atoms with Crippen LogP contribution in [0.5, 0.6) is 0 Å². The molecule has 0 aromatic heterocycles. The summed E-state index contributed by atoms with van der Waals surface area (Å²) in [6, 6.07) is 54.3. The summed E-state index contributed by atoms with van der Waals surface area (Å²) in [6.45, 7) is 8.34. The average Bonchev–Trinajstić information content (AvgIpc) is 3.61. The third-order valence-electron chi connectivity index (χ3n) is 11.8. The summed E-state index contributed by atoms with van der Waals surface area (Å²) in [7, 11) is 0. The molecule has 0 spiro atoms. The van der Waals surface area contributed by atoms with E-state index < -0.39 is 0 Å². The van der Waals surface area contributed by atoms with Gasteiger partial charge in [-0.05, 0) is 92.4 Å². The highest BCUT2D eigenvalue weighted by Gasteiger charge is 2.44. The summed E-state index contributed by atoms with van der Waals surface area (Å²) in [4.78, 5) is 0. The minimum absolute atomic E-state index is 0.0503. The highest BCUT2D eigenvalue weighted by Crippen LogP contribution is 2.55. The van der Waals surface area contributed by atoms with E-state index in [0.717, 1.165) is 25.7 Å². The number of hydrogen-bond donors (Lipinski definition) is 0. The normalized spacial score (nSPS) is 14.3. The van der Waals surface area contributed by atoms with E-state index in [0.29, 0.717) is 0 Å². The standard InChI is InChI=1S/C50H46/c1-3-37-21-7-9-23-39(37)35-49(45-29-15-11-25-41(45)42-26-12-16-30-46(42)49)33-19-5-6-20-34-50(36-40-24-10-8-22-38(40)4-2)47-31-17-13-27-43(47)44-28-14-18-32-48(44)50/h3-4,7-18,21-32H,1-2,5-6,19-20,33-36H2. The van der Waals surface area contributed by atoms with E-state index in [1.54, 1.807) is 0 Å². The van der Waals surface area contributed by atoms with Crippen LogP contribution in [0.25, 0.3) is 34.4 Å². The molecule has 0 unspecified atom stereocenters. The Morgan fingerprint density at radius 2 is 0.660 bits per heavy atom. The Morgan fingerprint density at radius 1 is 0.360 bits per heavy atom. The van der Waals surface area contributed by atoms with Gasteiger partial charge in [0.05, 0.1) is 0 Å². The molecule has 0 heterocycles. The van der Waals surface area contributed by atoms with Crippen molar-refractivity contribution in [2.45, 2.75) is 62.2 Å². The van der Waals surface area contributed by atoms with Crippen LogP contribution >= 0.6 is 0 Å². The molecule has 6 aromatic carbocycles. The molecule has 0 saturated heterocycles. The van der Waals surface area contributed by atoms with Crippen LogP contribution in [0.15, 0.2) is 159 Å². The van der Waals surface area contributed by atoms with E-state index in [4.69, 9.17) is 0 Å². The Labute approximate surface area is 298 Å². The Balaban J connectivity index is 1.07. The molecular weight excluding hydrogens is 601 g/mol. The van der Waals surface area contributed by atoms with Crippen molar-refractivity contribution in [3.8, 4) is 22.3 Å². The Morgan fingerprint density at radius 3 is 1.00 bits per heavy atom. The predicted molar refractivity (Wildman–Crippen MR) is 213 cm³/mol. The SMILES string of the molecule is C=Cc1ccccc1CC1(CCCCCCC2(Cc3ccccc3C=C)c3ccccc3-c3ccccc32)c2ccccc2-c2ccccc21. The molecule has 0 saturated carbocycles. The van der Waals surface area contributed by atoms with Crippen molar-refractivity contribution >= 4 is 12.2 Å². The minimum atomic E-state index is -0.0503. The van der Waals surface area contributed by atoms with Crippen LogP contribution in [0.4, 0.5) is 0 Å². The second-order valence-electron chi connectivity index (χ2n) is 14.4. The molecule has 246 valence electrons. The maximum Gasteiger partial charge on any atom is 0.0255 e. The van der Waals surface area contributed by atoms with Crippen molar-refractivity contribution in [3.63, 3.8) is 0 Å². The molecule has 8 rings (SSSR count).